The summed E-state index contributed by atoms with van der Waals surface area (Å²) in [6, 6.07) is 13.5. The van der Waals surface area contributed by atoms with Crippen LogP contribution in [0, 0.1) is 12.7 Å². The highest BCUT2D eigenvalue weighted by Gasteiger charge is 2.21. The van der Waals surface area contributed by atoms with Gasteiger partial charge in [-0.1, -0.05) is 36.4 Å². The Morgan fingerprint density at radius 1 is 1.12 bits per heavy atom. The fourth-order valence-corrected chi connectivity index (χ4v) is 3.21. The quantitative estimate of drug-likeness (QED) is 0.766. The lowest BCUT2D eigenvalue weighted by Gasteiger charge is -2.20. The van der Waals surface area contributed by atoms with Crippen molar-refractivity contribution < 1.29 is 17.6 Å². The van der Waals surface area contributed by atoms with Gasteiger partial charge in [0.25, 0.3) is 0 Å². The van der Waals surface area contributed by atoms with Gasteiger partial charge in [-0.2, -0.15) is 4.31 Å². The molecule has 0 atom stereocenters. The maximum absolute atomic E-state index is 12.9. The number of benzene rings is 2. The molecular formula is C19H23FN2O3S. The monoisotopic (exact) mass is 378 g/mol. The van der Waals surface area contributed by atoms with Crippen LogP contribution >= 0.6 is 0 Å². The van der Waals surface area contributed by atoms with Crippen molar-refractivity contribution in [1.29, 1.82) is 0 Å². The van der Waals surface area contributed by atoms with Crippen molar-refractivity contribution in [1.82, 2.24) is 9.62 Å². The van der Waals surface area contributed by atoms with Crippen LogP contribution in [0.2, 0.25) is 0 Å². The number of halogens is 1. The summed E-state index contributed by atoms with van der Waals surface area (Å²) in [5.41, 5.74) is 2.72. The van der Waals surface area contributed by atoms with Crippen molar-refractivity contribution in [2.24, 2.45) is 0 Å². The Balaban J connectivity index is 1.92. The minimum Gasteiger partial charge on any atom is -0.355 e. The van der Waals surface area contributed by atoms with Gasteiger partial charge in [0.1, 0.15) is 5.82 Å². The van der Waals surface area contributed by atoms with E-state index in [4.69, 9.17) is 0 Å². The Bertz CT molecular complexity index is 851. The summed E-state index contributed by atoms with van der Waals surface area (Å²) >= 11 is 0. The fraction of sp³-hybridized carbons (Fsp3) is 0.316. The molecule has 0 unspecified atom stereocenters. The molecule has 1 N–H and O–H groups in total. The first kappa shape index (κ1) is 20.1. The Labute approximate surface area is 153 Å². The van der Waals surface area contributed by atoms with Crippen molar-refractivity contribution >= 4 is 15.9 Å². The molecule has 26 heavy (non-hydrogen) atoms. The zero-order valence-electron chi connectivity index (χ0n) is 14.9. The molecule has 2 aromatic carbocycles. The Kier molecular flexibility index (Phi) is 6.88. The van der Waals surface area contributed by atoms with Gasteiger partial charge < -0.3 is 5.32 Å². The second-order valence-corrected chi connectivity index (χ2v) is 8.17. The highest BCUT2D eigenvalue weighted by atomic mass is 32.2. The second-order valence-electron chi connectivity index (χ2n) is 6.18. The van der Waals surface area contributed by atoms with Gasteiger partial charge >= 0.3 is 0 Å². The molecule has 0 saturated heterocycles. The molecule has 7 heteroatoms. The predicted molar refractivity (Wildman–Crippen MR) is 99.5 cm³/mol. The average molecular weight is 378 g/mol. The third kappa shape index (κ3) is 6.24. The van der Waals surface area contributed by atoms with Gasteiger partial charge in [0.15, 0.2) is 0 Å². The Morgan fingerprint density at radius 3 is 2.38 bits per heavy atom. The SMILES string of the molecule is Cc1ccccc1CN(CC(=O)NCCc1ccc(F)cc1)S(C)(=O)=O. The van der Waals surface area contributed by atoms with Gasteiger partial charge in [0.05, 0.1) is 12.8 Å². The maximum Gasteiger partial charge on any atom is 0.235 e. The molecular weight excluding hydrogens is 355 g/mol. The summed E-state index contributed by atoms with van der Waals surface area (Å²) < 4.78 is 38.1. The first-order chi connectivity index (χ1) is 12.3. The van der Waals surface area contributed by atoms with Crippen molar-refractivity contribution in [3.8, 4) is 0 Å². The smallest absolute Gasteiger partial charge is 0.235 e. The van der Waals surface area contributed by atoms with E-state index < -0.39 is 10.0 Å². The maximum atomic E-state index is 12.9. The minimum atomic E-state index is -3.53. The molecule has 0 fully saturated rings. The van der Waals surface area contributed by atoms with E-state index in [1.807, 2.05) is 31.2 Å². The number of nitrogens with one attached hydrogen (secondary N) is 1. The summed E-state index contributed by atoms with van der Waals surface area (Å²) in [6.45, 7) is 2.17. The number of aryl methyl sites for hydroxylation is 1. The number of carbonyl (C=O) groups is 1. The Morgan fingerprint density at radius 2 is 1.77 bits per heavy atom. The molecule has 0 saturated carbocycles. The fourth-order valence-electron chi connectivity index (χ4n) is 2.48. The van der Waals surface area contributed by atoms with Crippen molar-refractivity contribution in [3.63, 3.8) is 0 Å². The highest BCUT2D eigenvalue weighted by molar-refractivity contribution is 7.88. The van der Waals surface area contributed by atoms with Crippen LogP contribution in [0.5, 0.6) is 0 Å². The molecule has 0 aliphatic rings. The number of rotatable bonds is 8. The Hall–Kier alpha value is -2.25. The summed E-state index contributed by atoms with van der Waals surface area (Å²) in [4.78, 5) is 12.1. The number of sulfonamides is 1. The van der Waals surface area contributed by atoms with E-state index in [1.165, 1.54) is 12.1 Å². The van der Waals surface area contributed by atoms with Crippen LogP contribution in [0.1, 0.15) is 16.7 Å². The van der Waals surface area contributed by atoms with Crippen LogP contribution in [-0.4, -0.2) is 38.0 Å². The third-order valence-electron chi connectivity index (χ3n) is 4.05. The van der Waals surface area contributed by atoms with Crippen LogP contribution in [0.25, 0.3) is 0 Å². The summed E-state index contributed by atoms with van der Waals surface area (Å²) in [7, 11) is -3.53. The van der Waals surface area contributed by atoms with E-state index in [9.17, 15) is 17.6 Å². The topological polar surface area (TPSA) is 66.5 Å². The molecule has 0 aliphatic carbocycles. The lowest BCUT2D eigenvalue weighted by Crippen LogP contribution is -2.40. The van der Waals surface area contributed by atoms with E-state index in [1.54, 1.807) is 12.1 Å². The number of hydrogen-bond donors (Lipinski definition) is 1. The molecule has 0 radical (unpaired) electrons. The van der Waals surface area contributed by atoms with Crippen LogP contribution in [0.4, 0.5) is 4.39 Å². The standard InChI is InChI=1S/C19H23FN2O3S/c1-15-5-3-4-6-17(15)13-22(26(2,24)25)14-19(23)21-12-11-16-7-9-18(20)10-8-16/h3-10H,11-14H2,1-2H3,(H,21,23). The van der Waals surface area contributed by atoms with Crippen LogP contribution in [0.3, 0.4) is 0 Å². The highest BCUT2D eigenvalue weighted by Crippen LogP contribution is 2.12. The van der Waals surface area contributed by atoms with E-state index in [2.05, 4.69) is 5.32 Å². The second kappa shape index (κ2) is 8.91. The molecule has 2 rings (SSSR count). The van der Waals surface area contributed by atoms with Gasteiger partial charge in [0.2, 0.25) is 15.9 Å². The third-order valence-corrected chi connectivity index (χ3v) is 5.24. The van der Waals surface area contributed by atoms with Gasteiger partial charge in [0, 0.05) is 13.1 Å². The van der Waals surface area contributed by atoms with E-state index in [0.29, 0.717) is 13.0 Å². The van der Waals surface area contributed by atoms with Crippen LogP contribution < -0.4 is 5.32 Å². The predicted octanol–water partition coefficient (Wildman–Crippen LogP) is 2.25. The molecule has 0 spiro atoms. The van der Waals surface area contributed by atoms with E-state index in [0.717, 1.165) is 27.3 Å². The number of carbonyl (C=O) groups excluding carboxylic acids is 1. The van der Waals surface area contributed by atoms with E-state index in [-0.39, 0.29) is 24.8 Å². The van der Waals surface area contributed by atoms with Crippen LogP contribution in [0.15, 0.2) is 48.5 Å². The lowest BCUT2D eigenvalue weighted by molar-refractivity contribution is -0.121. The molecule has 0 aromatic heterocycles. The molecule has 0 bridgehead atoms. The van der Waals surface area contributed by atoms with Crippen molar-refractivity contribution in [2.75, 3.05) is 19.3 Å². The summed E-state index contributed by atoms with van der Waals surface area (Å²) in [5.74, 6) is -0.677. The summed E-state index contributed by atoms with van der Waals surface area (Å²) in [6.07, 6.45) is 1.64. The first-order valence-corrected chi connectivity index (χ1v) is 10.1. The molecule has 0 aliphatic heterocycles. The molecule has 5 nitrogen and oxygen atoms in total. The average Bonchev–Trinajstić information content (AvgIpc) is 2.57. The number of nitrogens with zero attached hydrogens (tertiary/aromatic N) is 1. The normalized spacial score (nSPS) is 11.5. The summed E-state index contributed by atoms with van der Waals surface area (Å²) in [5, 5.41) is 2.71. The number of hydrogen-bond acceptors (Lipinski definition) is 3. The lowest BCUT2D eigenvalue weighted by atomic mass is 10.1. The van der Waals surface area contributed by atoms with Crippen LogP contribution in [-0.2, 0) is 27.8 Å². The molecule has 1 amide bonds. The minimum absolute atomic E-state index is 0.150. The molecule has 0 heterocycles. The number of amides is 1. The zero-order valence-corrected chi connectivity index (χ0v) is 15.7. The van der Waals surface area contributed by atoms with Gasteiger partial charge in [-0.3, -0.25) is 4.79 Å². The van der Waals surface area contributed by atoms with Gasteiger partial charge in [-0.05, 0) is 42.2 Å². The van der Waals surface area contributed by atoms with Crippen molar-refractivity contribution in [3.05, 3.63) is 71.0 Å². The van der Waals surface area contributed by atoms with Crippen molar-refractivity contribution in [2.45, 2.75) is 19.9 Å². The molecule has 140 valence electrons. The van der Waals surface area contributed by atoms with Gasteiger partial charge in [-0.15, -0.1) is 0 Å². The van der Waals surface area contributed by atoms with Gasteiger partial charge in [-0.25, -0.2) is 12.8 Å². The largest absolute Gasteiger partial charge is 0.355 e. The van der Waals surface area contributed by atoms with E-state index >= 15 is 0 Å². The first-order valence-electron chi connectivity index (χ1n) is 8.26. The molecule has 2 aromatic rings. The zero-order chi connectivity index (χ0) is 19.2.